The van der Waals surface area contributed by atoms with Gasteiger partial charge in [0.1, 0.15) is 0 Å². The van der Waals surface area contributed by atoms with E-state index >= 15 is 0 Å². The van der Waals surface area contributed by atoms with Gasteiger partial charge in [-0.1, -0.05) is 6.07 Å². The second-order valence-electron chi connectivity index (χ2n) is 6.41. The highest BCUT2D eigenvalue weighted by atomic mass is 32.2. The molecule has 1 aromatic heterocycles. The number of carbonyl (C=O) groups excluding carboxylic acids is 1. The van der Waals surface area contributed by atoms with Crippen LogP contribution < -0.4 is 5.32 Å². The van der Waals surface area contributed by atoms with Crippen LogP contribution in [0.2, 0.25) is 0 Å². The first-order chi connectivity index (χ1) is 12.5. The molecule has 3 rings (SSSR count). The summed E-state index contributed by atoms with van der Waals surface area (Å²) in [4.78, 5) is 16.7. The second kappa shape index (κ2) is 7.97. The van der Waals surface area contributed by atoms with Crippen molar-refractivity contribution in [2.24, 2.45) is 5.92 Å². The molecule has 1 heterocycles. The lowest BCUT2D eigenvalue weighted by Gasteiger charge is -2.08. The van der Waals surface area contributed by atoms with Crippen LogP contribution in [-0.4, -0.2) is 38.8 Å². The highest BCUT2D eigenvalue weighted by molar-refractivity contribution is 7.91. The monoisotopic (exact) mass is 374 g/mol. The van der Waals surface area contributed by atoms with Gasteiger partial charge in [-0.25, -0.2) is 8.42 Å². The number of methoxy groups -OCH3 is 1. The zero-order valence-corrected chi connectivity index (χ0v) is 15.4. The topological polar surface area (TPSA) is 85.4 Å². The first kappa shape index (κ1) is 18.5. The molecule has 6 nitrogen and oxygen atoms in total. The molecule has 1 amide bonds. The van der Waals surface area contributed by atoms with Crippen molar-refractivity contribution in [2.75, 3.05) is 24.8 Å². The van der Waals surface area contributed by atoms with Crippen LogP contribution in [0.3, 0.4) is 0 Å². The van der Waals surface area contributed by atoms with Crippen LogP contribution in [0.5, 0.6) is 0 Å². The van der Waals surface area contributed by atoms with Gasteiger partial charge in [0.15, 0.2) is 9.84 Å². The summed E-state index contributed by atoms with van der Waals surface area (Å²) in [5.74, 6) is 0.150. The minimum atomic E-state index is -3.33. The normalized spacial score (nSPS) is 19.1. The molecule has 0 spiro atoms. The van der Waals surface area contributed by atoms with Crippen molar-refractivity contribution in [1.82, 2.24) is 4.98 Å². The van der Waals surface area contributed by atoms with Crippen molar-refractivity contribution < 1.29 is 17.9 Å². The van der Waals surface area contributed by atoms with Crippen LogP contribution in [0.4, 0.5) is 5.69 Å². The number of benzene rings is 1. The number of carbonyl (C=O) groups is 1. The minimum Gasteiger partial charge on any atom is -0.385 e. The highest BCUT2D eigenvalue weighted by Crippen LogP contribution is 2.47. The molecule has 1 saturated carbocycles. The van der Waals surface area contributed by atoms with E-state index < -0.39 is 9.84 Å². The van der Waals surface area contributed by atoms with Crippen molar-refractivity contribution in [3.05, 3.63) is 54.4 Å². The Labute approximate surface area is 153 Å². The lowest BCUT2D eigenvalue weighted by Crippen LogP contribution is -2.15. The first-order valence-corrected chi connectivity index (χ1v) is 10.2. The molecule has 26 heavy (non-hydrogen) atoms. The number of anilines is 1. The summed E-state index contributed by atoms with van der Waals surface area (Å²) in [7, 11) is -1.78. The van der Waals surface area contributed by atoms with Crippen LogP contribution in [0.15, 0.2) is 53.7 Å². The molecular weight excluding hydrogens is 352 g/mol. The standard InChI is InChI=1S/C19H22N2O4S/c1-25-10-3-11-26(23,24)16-7-5-15(6-8-16)21-19(22)18-12-17(18)14-4-2-9-20-13-14/h2,4-9,13,17-18H,3,10-12H2,1H3,(H,21,22)/t17-,18+/m1/s1. The number of aromatic nitrogens is 1. The van der Waals surface area contributed by atoms with E-state index in [2.05, 4.69) is 10.3 Å². The minimum absolute atomic E-state index is 0.0431. The van der Waals surface area contributed by atoms with Gasteiger partial charge in [-0.2, -0.15) is 0 Å². The number of amides is 1. The quantitative estimate of drug-likeness (QED) is 0.718. The number of hydrogen-bond acceptors (Lipinski definition) is 5. The Balaban J connectivity index is 1.57. The predicted molar refractivity (Wildman–Crippen MR) is 98.7 cm³/mol. The summed E-state index contributed by atoms with van der Waals surface area (Å²) < 4.78 is 29.3. The van der Waals surface area contributed by atoms with Crippen molar-refractivity contribution in [1.29, 1.82) is 0 Å². The maximum atomic E-state index is 12.4. The van der Waals surface area contributed by atoms with E-state index in [4.69, 9.17) is 4.74 Å². The maximum absolute atomic E-state index is 12.4. The van der Waals surface area contributed by atoms with Crippen LogP contribution in [0, 0.1) is 5.92 Å². The van der Waals surface area contributed by atoms with Crippen LogP contribution in [0.1, 0.15) is 24.3 Å². The van der Waals surface area contributed by atoms with Crippen molar-refractivity contribution in [2.45, 2.75) is 23.7 Å². The average Bonchev–Trinajstić information content (AvgIpc) is 3.44. The summed E-state index contributed by atoms with van der Waals surface area (Å²) in [5, 5.41) is 2.86. The average molecular weight is 374 g/mol. The Morgan fingerprint density at radius 2 is 2.04 bits per heavy atom. The number of ether oxygens (including phenoxy) is 1. The van der Waals surface area contributed by atoms with Crippen molar-refractivity contribution >= 4 is 21.4 Å². The van der Waals surface area contributed by atoms with Crippen LogP contribution >= 0.6 is 0 Å². The summed E-state index contributed by atoms with van der Waals surface area (Å²) in [6.07, 6.45) is 4.77. The number of hydrogen-bond donors (Lipinski definition) is 1. The number of nitrogens with zero attached hydrogens (tertiary/aromatic N) is 1. The molecule has 0 aliphatic heterocycles. The fourth-order valence-electron chi connectivity index (χ4n) is 2.94. The van der Waals surface area contributed by atoms with E-state index in [0.29, 0.717) is 18.7 Å². The Kier molecular flexibility index (Phi) is 5.68. The lowest BCUT2D eigenvalue weighted by molar-refractivity contribution is -0.117. The van der Waals surface area contributed by atoms with E-state index in [1.807, 2.05) is 12.1 Å². The Morgan fingerprint density at radius 1 is 1.27 bits per heavy atom. The zero-order chi connectivity index (χ0) is 18.6. The number of sulfone groups is 1. The zero-order valence-electron chi connectivity index (χ0n) is 14.6. The van der Waals surface area contributed by atoms with E-state index in [1.165, 1.54) is 12.1 Å². The molecule has 0 radical (unpaired) electrons. The predicted octanol–water partition coefficient (Wildman–Crippen LogP) is 2.63. The fourth-order valence-corrected chi connectivity index (χ4v) is 4.22. The summed E-state index contributed by atoms with van der Waals surface area (Å²) in [6, 6.07) is 10.2. The maximum Gasteiger partial charge on any atom is 0.228 e. The molecule has 0 bridgehead atoms. The third-order valence-corrected chi connectivity index (χ3v) is 6.30. The molecular formula is C19H22N2O4S. The number of nitrogens with one attached hydrogen (secondary N) is 1. The van der Waals surface area contributed by atoms with Gasteiger partial charge in [0.25, 0.3) is 0 Å². The van der Waals surface area contributed by atoms with Gasteiger partial charge in [0.2, 0.25) is 5.91 Å². The molecule has 1 N–H and O–H groups in total. The SMILES string of the molecule is COCCCS(=O)(=O)c1ccc(NC(=O)[C@H]2C[C@@H]2c2cccnc2)cc1. The molecule has 1 aromatic carbocycles. The second-order valence-corrected chi connectivity index (χ2v) is 8.52. The molecule has 1 aliphatic rings. The largest absolute Gasteiger partial charge is 0.385 e. The molecule has 1 aliphatic carbocycles. The molecule has 2 aromatic rings. The van der Waals surface area contributed by atoms with Crippen LogP contribution in [-0.2, 0) is 19.4 Å². The van der Waals surface area contributed by atoms with Gasteiger partial charge >= 0.3 is 0 Å². The van der Waals surface area contributed by atoms with Crippen LogP contribution in [0.25, 0.3) is 0 Å². The molecule has 138 valence electrons. The molecule has 0 saturated heterocycles. The smallest absolute Gasteiger partial charge is 0.228 e. The first-order valence-electron chi connectivity index (χ1n) is 8.54. The van der Waals surface area contributed by atoms with Crippen molar-refractivity contribution in [3.8, 4) is 0 Å². The molecule has 0 unspecified atom stereocenters. The third kappa shape index (κ3) is 4.47. The van der Waals surface area contributed by atoms with E-state index in [1.54, 1.807) is 31.6 Å². The van der Waals surface area contributed by atoms with Gasteiger partial charge in [-0.3, -0.25) is 9.78 Å². The molecule has 1 fully saturated rings. The van der Waals surface area contributed by atoms with Gasteiger partial charge in [-0.05, 0) is 54.7 Å². The Morgan fingerprint density at radius 3 is 2.69 bits per heavy atom. The van der Waals surface area contributed by atoms with E-state index in [0.717, 1.165) is 12.0 Å². The fraction of sp³-hybridized carbons (Fsp3) is 0.368. The summed E-state index contributed by atoms with van der Waals surface area (Å²) in [5.41, 5.74) is 1.67. The van der Waals surface area contributed by atoms with Gasteiger partial charge in [0, 0.05) is 37.7 Å². The van der Waals surface area contributed by atoms with Gasteiger partial charge in [0.05, 0.1) is 10.6 Å². The van der Waals surface area contributed by atoms with Gasteiger partial charge < -0.3 is 10.1 Å². The number of pyridine rings is 1. The third-order valence-electron chi connectivity index (χ3n) is 4.48. The molecule has 7 heteroatoms. The summed E-state index contributed by atoms with van der Waals surface area (Å²) >= 11 is 0. The van der Waals surface area contributed by atoms with E-state index in [9.17, 15) is 13.2 Å². The number of rotatable bonds is 8. The Bertz CT molecular complexity index is 851. The lowest BCUT2D eigenvalue weighted by atomic mass is 10.1. The van der Waals surface area contributed by atoms with Crippen molar-refractivity contribution in [3.63, 3.8) is 0 Å². The summed E-state index contributed by atoms with van der Waals surface area (Å²) in [6.45, 7) is 0.410. The highest BCUT2D eigenvalue weighted by Gasteiger charge is 2.44. The van der Waals surface area contributed by atoms with E-state index in [-0.39, 0.29) is 28.4 Å². The van der Waals surface area contributed by atoms with Gasteiger partial charge in [-0.15, -0.1) is 0 Å². The Hall–Kier alpha value is -2.25. The molecule has 2 atom stereocenters.